The number of nitrogens with zero attached hydrogens (tertiary/aromatic N) is 3. The highest BCUT2D eigenvalue weighted by atomic mass is 35.5. The monoisotopic (exact) mass is 464 g/mol. The van der Waals surface area contributed by atoms with Crippen LogP contribution in [-0.2, 0) is 21.4 Å². The summed E-state index contributed by atoms with van der Waals surface area (Å²) in [4.78, 5) is 33.3. The Morgan fingerprint density at radius 2 is 2.20 bits per heavy atom. The fourth-order valence-corrected chi connectivity index (χ4v) is 6.50. The van der Waals surface area contributed by atoms with Crippen molar-refractivity contribution in [2.24, 2.45) is 5.73 Å². The molecule has 2 aromatic rings. The highest BCUT2D eigenvalue weighted by Gasteiger charge is 2.49. The summed E-state index contributed by atoms with van der Waals surface area (Å²) >= 11 is 9.60. The van der Waals surface area contributed by atoms with E-state index in [1.165, 1.54) is 0 Å². The van der Waals surface area contributed by atoms with E-state index in [-0.39, 0.29) is 23.7 Å². The summed E-state index contributed by atoms with van der Waals surface area (Å²) in [5.74, 6) is 1.06. The first kappa shape index (κ1) is 21.6. The van der Waals surface area contributed by atoms with Crippen molar-refractivity contribution < 1.29 is 9.59 Å². The molecule has 30 heavy (non-hydrogen) atoms. The minimum Gasteiger partial charge on any atom is -0.342 e. The normalized spacial score (nSPS) is 20.2. The van der Waals surface area contributed by atoms with Crippen LogP contribution in [0.2, 0.25) is 5.02 Å². The van der Waals surface area contributed by atoms with Crippen molar-refractivity contribution in [3.05, 3.63) is 40.0 Å². The second-order valence-corrected chi connectivity index (χ2v) is 10.8. The summed E-state index contributed by atoms with van der Waals surface area (Å²) in [6, 6.07) is 5.72. The molecule has 2 amide bonds. The maximum absolute atomic E-state index is 13.2. The highest BCUT2D eigenvalue weighted by Crippen LogP contribution is 2.47. The number of likely N-dealkylation sites (tertiary alicyclic amines) is 1. The van der Waals surface area contributed by atoms with Gasteiger partial charge in [-0.15, -0.1) is 23.1 Å². The van der Waals surface area contributed by atoms with Crippen LogP contribution in [0.15, 0.2) is 28.6 Å². The second-order valence-electron chi connectivity index (χ2n) is 7.85. The van der Waals surface area contributed by atoms with Gasteiger partial charge in [0.2, 0.25) is 11.8 Å². The molecule has 2 aliphatic heterocycles. The Balaban J connectivity index is 1.52. The van der Waals surface area contributed by atoms with E-state index >= 15 is 0 Å². The number of aromatic nitrogens is 1. The predicted molar refractivity (Wildman–Crippen MR) is 123 cm³/mol. The zero-order chi connectivity index (χ0) is 21.3. The molecule has 160 valence electrons. The predicted octanol–water partition coefficient (Wildman–Crippen LogP) is 3.32. The summed E-state index contributed by atoms with van der Waals surface area (Å²) in [5.41, 5.74) is 7.29. The third-order valence-electron chi connectivity index (χ3n) is 5.81. The van der Waals surface area contributed by atoms with Crippen molar-refractivity contribution in [1.29, 1.82) is 0 Å². The Morgan fingerprint density at radius 3 is 2.93 bits per heavy atom. The van der Waals surface area contributed by atoms with E-state index in [4.69, 9.17) is 17.3 Å². The van der Waals surface area contributed by atoms with Crippen molar-refractivity contribution in [2.45, 2.75) is 35.8 Å². The van der Waals surface area contributed by atoms with E-state index < -0.39 is 0 Å². The fourth-order valence-electron chi connectivity index (χ4n) is 4.28. The summed E-state index contributed by atoms with van der Waals surface area (Å²) < 4.78 is 1.12. The first-order chi connectivity index (χ1) is 14.4. The fraction of sp³-hybridized carbons (Fsp3) is 0.476. The molecule has 6 nitrogen and oxygen atoms in total. The molecule has 4 rings (SSSR count). The number of fused-ring (bicyclic) bond motifs is 2. The minimum absolute atomic E-state index is 0.0320. The van der Waals surface area contributed by atoms with Gasteiger partial charge in [0.25, 0.3) is 0 Å². The van der Waals surface area contributed by atoms with Crippen LogP contribution in [-0.4, -0.2) is 53.6 Å². The molecule has 0 bridgehead atoms. The van der Waals surface area contributed by atoms with Gasteiger partial charge in [0.05, 0.1) is 16.8 Å². The van der Waals surface area contributed by atoms with Crippen molar-refractivity contribution in [1.82, 2.24) is 9.88 Å². The number of thiazole rings is 1. The van der Waals surface area contributed by atoms with E-state index in [1.54, 1.807) is 30.0 Å². The number of hydrogen-bond donors (Lipinski definition) is 1. The van der Waals surface area contributed by atoms with E-state index in [9.17, 15) is 9.59 Å². The Morgan fingerprint density at radius 1 is 1.37 bits per heavy atom. The van der Waals surface area contributed by atoms with Crippen LogP contribution in [0.4, 0.5) is 5.69 Å². The van der Waals surface area contributed by atoms with Crippen molar-refractivity contribution in [3.8, 4) is 0 Å². The molecule has 1 aromatic carbocycles. The van der Waals surface area contributed by atoms with Gasteiger partial charge in [-0.1, -0.05) is 11.6 Å². The molecule has 1 aromatic heterocycles. The summed E-state index contributed by atoms with van der Waals surface area (Å²) in [6.45, 7) is 4.19. The topological polar surface area (TPSA) is 79.5 Å². The third kappa shape index (κ3) is 4.23. The molecule has 1 saturated heterocycles. The lowest BCUT2D eigenvalue weighted by Crippen LogP contribution is -2.40. The van der Waals surface area contributed by atoms with Crippen molar-refractivity contribution in [2.75, 3.05) is 36.8 Å². The number of amides is 2. The van der Waals surface area contributed by atoms with Gasteiger partial charge in [-0.3, -0.25) is 9.59 Å². The van der Waals surface area contributed by atoms with Gasteiger partial charge in [0, 0.05) is 48.4 Å². The maximum atomic E-state index is 13.2. The minimum atomic E-state index is -0.242. The van der Waals surface area contributed by atoms with Crippen molar-refractivity contribution >= 4 is 52.2 Å². The van der Waals surface area contributed by atoms with E-state index in [2.05, 4.69) is 4.98 Å². The average molecular weight is 465 g/mol. The summed E-state index contributed by atoms with van der Waals surface area (Å²) in [7, 11) is 0. The van der Waals surface area contributed by atoms with Crippen LogP contribution in [0.1, 0.15) is 30.3 Å². The zero-order valence-electron chi connectivity index (χ0n) is 16.9. The molecule has 0 aliphatic carbocycles. The zero-order valence-corrected chi connectivity index (χ0v) is 19.3. The van der Waals surface area contributed by atoms with E-state index in [1.807, 2.05) is 34.2 Å². The molecule has 1 fully saturated rings. The number of halogens is 1. The standard InChI is InChI=1S/C21H25ClN4O2S2/c1-14(27)25-7-5-21(12-25)13-26(17-4-3-15(22)9-16(17)21)19(28)10-18-24-11-20(30-18)29-8-2-6-23/h3-4,9,11H,2,5-8,10,12-13,23H2,1H3. The summed E-state index contributed by atoms with van der Waals surface area (Å²) in [5, 5.41) is 1.48. The van der Waals surface area contributed by atoms with Gasteiger partial charge < -0.3 is 15.5 Å². The lowest BCUT2D eigenvalue weighted by atomic mass is 9.81. The summed E-state index contributed by atoms with van der Waals surface area (Å²) in [6.07, 6.45) is 3.91. The molecule has 1 atom stereocenters. The lowest BCUT2D eigenvalue weighted by molar-refractivity contribution is -0.127. The molecule has 1 spiro atoms. The Kier molecular flexibility index (Phi) is 6.39. The quantitative estimate of drug-likeness (QED) is 0.524. The highest BCUT2D eigenvalue weighted by molar-refractivity contribution is 8.01. The second kappa shape index (κ2) is 8.86. The molecule has 3 heterocycles. The van der Waals surface area contributed by atoms with Gasteiger partial charge in [0.1, 0.15) is 5.01 Å². The molecule has 0 radical (unpaired) electrons. The molecule has 9 heteroatoms. The van der Waals surface area contributed by atoms with Gasteiger partial charge in [-0.2, -0.15) is 0 Å². The van der Waals surface area contributed by atoms with E-state index in [0.717, 1.165) is 39.1 Å². The van der Waals surface area contributed by atoms with Gasteiger partial charge in [-0.05, 0) is 43.1 Å². The molecule has 1 unspecified atom stereocenters. The average Bonchev–Trinajstić information content (AvgIpc) is 3.41. The third-order valence-corrected chi connectivity index (χ3v) is 8.32. The number of thioether (sulfide) groups is 1. The smallest absolute Gasteiger partial charge is 0.233 e. The first-order valence-corrected chi connectivity index (χ1v) is 12.2. The molecule has 2 aliphatic rings. The number of hydrogen-bond acceptors (Lipinski definition) is 6. The number of nitrogens with two attached hydrogens (primary N) is 1. The van der Waals surface area contributed by atoms with E-state index in [0.29, 0.717) is 31.2 Å². The Bertz CT molecular complexity index is 966. The first-order valence-electron chi connectivity index (χ1n) is 10.1. The van der Waals surface area contributed by atoms with Crippen LogP contribution in [0.5, 0.6) is 0 Å². The molecule has 2 N–H and O–H groups in total. The van der Waals surface area contributed by atoms with Crippen LogP contribution in [0.25, 0.3) is 0 Å². The Hall–Kier alpha value is -1.61. The molecular weight excluding hydrogens is 440 g/mol. The largest absolute Gasteiger partial charge is 0.342 e. The number of carbonyl (C=O) groups excluding carboxylic acids is 2. The Labute approximate surface area is 189 Å². The van der Waals surface area contributed by atoms with Gasteiger partial charge in [-0.25, -0.2) is 4.98 Å². The molecule has 0 saturated carbocycles. The number of rotatable bonds is 6. The van der Waals surface area contributed by atoms with Gasteiger partial charge >= 0.3 is 0 Å². The number of carbonyl (C=O) groups is 2. The van der Waals surface area contributed by atoms with Crippen molar-refractivity contribution in [3.63, 3.8) is 0 Å². The number of anilines is 1. The van der Waals surface area contributed by atoms with Crippen LogP contribution >= 0.6 is 34.7 Å². The lowest BCUT2D eigenvalue weighted by Gasteiger charge is -2.25. The van der Waals surface area contributed by atoms with Crippen LogP contribution in [0, 0.1) is 0 Å². The maximum Gasteiger partial charge on any atom is 0.233 e. The van der Waals surface area contributed by atoms with Crippen LogP contribution < -0.4 is 10.6 Å². The SMILES string of the molecule is CC(=O)N1CCC2(C1)CN(C(=O)Cc1ncc(SCCCN)s1)c1ccc(Cl)cc12. The number of benzene rings is 1. The molecular formula is C21H25ClN4O2S2. The van der Waals surface area contributed by atoms with Gasteiger partial charge in [0.15, 0.2) is 0 Å². The van der Waals surface area contributed by atoms with Crippen LogP contribution in [0.3, 0.4) is 0 Å².